The lowest BCUT2D eigenvalue weighted by Crippen LogP contribution is -2.45. The first-order valence-corrected chi connectivity index (χ1v) is 9.26. The second-order valence-electron chi connectivity index (χ2n) is 7.43. The summed E-state index contributed by atoms with van der Waals surface area (Å²) in [6.07, 6.45) is 10.5. The lowest BCUT2D eigenvalue weighted by atomic mass is 9.76. The van der Waals surface area contributed by atoms with E-state index in [0.29, 0.717) is 13.1 Å². The molecule has 1 atom stereocenters. The first kappa shape index (κ1) is 17.7. The van der Waals surface area contributed by atoms with Gasteiger partial charge in [-0.15, -0.1) is 0 Å². The first-order valence-electron chi connectivity index (χ1n) is 9.26. The van der Waals surface area contributed by atoms with Crippen LogP contribution in [0.1, 0.15) is 52.4 Å². The van der Waals surface area contributed by atoms with Gasteiger partial charge in [-0.3, -0.25) is 14.5 Å². The van der Waals surface area contributed by atoms with Crippen molar-refractivity contribution in [3.05, 3.63) is 23.3 Å². The largest absolute Gasteiger partial charge is 0.369 e. The van der Waals surface area contributed by atoms with Crippen LogP contribution in [0.3, 0.4) is 0 Å². The molecule has 0 radical (unpaired) electrons. The highest BCUT2D eigenvalue weighted by Crippen LogP contribution is 2.38. The molecule has 1 saturated carbocycles. The Morgan fingerprint density at radius 1 is 1.48 bits per heavy atom. The number of carbonyl (C=O) groups is 2. The van der Waals surface area contributed by atoms with Crippen molar-refractivity contribution in [2.45, 2.75) is 57.9 Å². The molecular weight excluding hydrogens is 316 g/mol. The summed E-state index contributed by atoms with van der Waals surface area (Å²) in [6, 6.07) is 0. The zero-order chi connectivity index (χ0) is 18.0. The van der Waals surface area contributed by atoms with Crippen LogP contribution in [-0.4, -0.2) is 41.3 Å². The Hall–Kier alpha value is -2.11. The van der Waals surface area contributed by atoms with Gasteiger partial charge in [0.2, 0.25) is 5.91 Å². The second-order valence-corrected chi connectivity index (χ2v) is 7.43. The monoisotopic (exact) mass is 344 g/mol. The Morgan fingerprint density at radius 2 is 2.24 bits per heavy atom. The summed E-state index contributed by atoms with van der Waals surface area (Å²) in [4.78, 5) is 30.6. The van der Waals surface area contributed by atoms with Crippen LogP contribution in [0, 0.1) is 5.92 Å². The van der Waals surface area contributed by atoms with Crippen LogP contribution in [0.15, 0.2) is 28.3 Å². The van der Waals surface area contributed by atoms with E-state index in [1.807, 2.05) is 6.92 Å². The number of nitrogens with two attached hydrogens (primary N) is 1. The summed E-state index contributed by atoms with van der Waals surface area (Å²) in [5.41, 5.74) is 7.56. The zero-order valence-electron chi connectivity index (χ0n) is 15.2. The molecule has 25 heavy (non-hydrogen) atoms. The van der Waals surface area contributed by atoms with Crippen molar-refractivity contribution in [2.75, 3.05) is 13.1 Å². The number of amides is 2. The summed E-state index contributed by atoms with van der Waals surface area (Å²) in [5, 5.41) is 2.72. The van der Waals surface area contributed by atoms with Gasteiger partial charge in [-0.25, -0.2) is 4.99 Å². The van der Waals surface area contributed by atoms with Crippen molar-refractivity contribution in [3.8, 4) is 0 Å². The Labute approximate surface area is 149 Å². The van der Waals surface area contributed by atoms with Gasteiger partial charge in [0.05, 0.1) is 13.0 Å². The molecule has 0 bridgehead atoms. The van der Waals surface area contributed by atoms with Gasteiger partial charge in [-0.05, 0) is 51.0 Å². The minimum Gasteiger partial charge on any atom is -0.369 e. The van der Waals surface area contributed by atoms with Crippen molar-refractivity contribution >= 4 is 17.8 Å². The smallest absolute Gasteiger partial charge is 0.257 e. The van der Waals surface area contributed by atoms with E-state index in [1.54, 1.807) is 6.92 Å². The van der Waals surface area contributed by atoms with Gasteiger partial charge in [0.15, 0.2) is 5.96 Å². The maximum Gasteiger partial charge on any atom is 0.257 e. The summed E-state index contributed by atoms with van der Waals surface area (Å²) < 4.78 is 0. The molecule has 3 N–H and O–H groups in total. The Balaban J connectivity index is 1.68. The topological polar surface area (TPSA) is 87.8 Å². The third kappa shape index (κ3) is 3.62. The molecule has 2 aliphatic carbocycles. The van der Waals surface area contributed by atoms with Gasteiger partial charge in [0.1, 0.15) is 5.54 Å². The molecule has 6 nitrogen and oxygen atoms in total. The molecule has 1 fully saturated rings. The number of carbonyl (C=O) groups excluding carboxylic acids is 2. The lowest BCUT2D eigenvalue weighted by Gasteiger charge is -2.31. The van der Waals surface area contributed by atoms with Crippen molar-refractivity contribution in [1.29, 1.82) is 0 Å². The highest BCUT2D eigenvalue weighted by molar-refractivity contribution is 6.08. The number of hydrogen-bond donors (Lipinski definition) is 2. The fraction of sp³-hybridized carbons (Fsp3) is 0.632. The second kappa shape index (κ2) is 7.02. The van der Waals surface area contributed by atoms with Crippen LogP contribution in [0.4, 0.5) is 0 Å². The molecule has 0 aromatic carbocycles. The molecule has 1 heterocycles. The quantitative estimate of drug-likeness (QED) is 0.771. The minimum atomic E-state index is -1.10. The molecule has 0 spiro atoms. The number of aliphatic imine (C=N–C) groups is 1. The average Bonchev–Trinajstić information content (AvgIpc) is 2.69. The van der Waals surface area contributed by atoms with Gasteiger partial charge in [0, 0.05) is 6.54 Å². The van der Waals surface area contributed by atoms with Crippen molar-refractivity contribution < 1.29 is 9.59 Å². The number of allylic oxidation sites excluding steroid dienone is 2. The van der Waals surface area contributed by atoms with Crippen molar-refractivity contribution in [1.82, 2.24) is 10.2 Å². The molecule has 0 aromatic heterocycles. The Bertz CT molecular complexity index is 660. The van der Waals surface area contributed by atoms with Crippen LogP contribution < -0.4 is 11.1 Å². The molecule has 0 aromatic rings. The highest BCUT2D eigenvalue weighted by Gasteiger charge is 2.45. The predicted octanol–water partition coefficient (Wildman–Crippen LogP) is 1.87. The number of hydrogen-bond acceptors (Lipinski definition) is 4. The van der Waals surface area contributed by atoms with Gasteiger partial charge in [0.25, 0.3) is 5.91 Å². The predicted molar refractivity (Wildman–Crippen MR) is 97.8 cm³/mol. The van der Waals surface area contributed by atoms with E-state index >= 15 is 0 Å². The molecule has 2 amide bonds. The summed E-state index contributed by atoms with van der Waals surface area (Å²) in [6.45, 7) is 4.51. The van der Waals surface area contributed by atoms with E-state index in [-0.39, 0.29) is 24.2 Å². The van der Waals surface area contributed by atoms with Crippen LogP contribution >= 0.6 is 0 Å². The number of rotatable bonds is 6. The van der Waals surface area contributed by atoms with Crippen LogP contribution in [-0.2, 0) is 9.59 Å². The van der Waals surface area contributed by atoms with Crippen molar-refractivity contribution in [3.63, 3.8) is 0 Å². The normalized spacial score (nSPS) is 26.7. The summed E-state index contributed by atoms with van der Waals surface area (Å²) in [5.74, 6) is 0.566. The molecule has 3 aliphatic rings. The fourth-order valence-corrected chi connectivity index (χ4v) is 3.78. The SMILES string of the molecule is CCNC(=O)CC1(C)N=C(N)N(CC2=CCCC(C3CCC3)=C2)C1=O. The number of nitrogens with one attached hydrogen (secondary N) is 1. The summed E-state index contributed by atoms with van der Waals surface area (Å²) in [7, 11) is 0. The molecular formula is C19H28N4O2. The van der Waals surface area contributed by atoms with Crippen LogP contribution in [0.25, 0.3) is 0 Å². The maximum absolute atomic E-state index is 12.8. The van der Waals surface area contributed by atoms with Gasteiger partial charge >= 0.3 is 0 Å². The Morgan fingerprint density at radius 3 is 2.88 bits per heavy atom. The Kier molecular flexibility index (Phi) is 4.97. The zero-order valence-corrected chi connectivity index (χ0v) is 15.2. The third-order valence-corrected chi connectivity index (χ3v) is 5.40. The average molecular weight is 344 g/mol. The first-order chi connectivity index (χ1) is 11.9. The molecule has 1 unspecified atom stereocenters. The number of guanidine groups is 1. The molecule has 6 heteroatoms. The fourth-order valence-electron chi connectivity index (χ4n) is 3.78. The summed E-state index contributed by atoms with van der Waals surface area (Å²) >= 11 is 0. The van der Waals surface area contributed by atoms with E-state index in [0.717, 1.165) is 24.3 Å². The maximum atomic E-state index is 12.8. The standard InChI is InChI=1S/C19H28N4O2/c1-3-21-16(24)11-19(2)17(25)23(18(20)22-19)12-13-6-4-9-15(10-13)14-7-5-8-14/h6,10,14H,3-5,7-9,11-12H2,1-2H3,(H2,20,22)(H,21,24). The van der Waals surface area contributed by atoms with E-state index in [4.69, 9.17) is 5.73 Å². The third-order valence-electron chi connectivity index (χ3n) is 5.40. The molecule has 0 saturated heterocycles. The van der Waals surface area contributed by atoms with Crippen molar-refractivity contribution in [2.24, 2.45) is 16.6 Å². The van der Waals surface area contributed by atoms with E-state index in [2.05, 4.69) is 22.5 Å². The lowest BCUT2D eigenvalue weighted by molar-refractivity contribution is -0.134. The van der Waals surface area contributed by atoms with E-state index in [1.165, 1.54) is 29.7 Å². The number of nitrogens with zero attached hydrogens (tertiary/aromatic N) is 2. The van der Waals surface area contributed by atoms with Gasteiger partial charge in [-0.1, -0.05) is 24.1 Å². The van der Waals surface area contributed by atoms with Gasteiger partial charge in [-0.2, -0.15) is 0 Å². The van der Waals surface area contributed by atoms with Gasteiger partial charge < -0.3 is 11.1 Å². The van der Waals surface area contributed by atoms with Crippen LogP contribution in [0.2, 0.25) is 0 Å². The molecule has 136 valence electrons. The minimum absolute atomic E-state index is 0.0269. The molecule has 1 aliphatic heterocycles. The van der Waals surface area contributed by atoms with E-state index < -0.39 is 5.54 Å². The van der Waals surface area contributed by atoms with E-state index in [9.17, 15) is 9.59 Å². The van der Waals surface area contributed by atoms with Crippen LogP contribution in [0.5, 0.6) is 0 Å². The molecule has 3 rings (SSSR count). The highest BCUT2D eigenvalue weighted by atomic mass is 16.2.